The number of aryl methyl sites for hydroxylation is 5. The fourth-order valence-electron chi connectivity index (χ4n) is 5.38. The van der Waals surface area contributed by atoms with Crippen molar-refractivity contribution >= 4 is 10.9 Å². The summed E-state index contributed by atoms with van der Waals surface area (Å²) in [5.41, 5.74) is 11.4. The summed E-state index contributed by atoms with van der Waals surface area (Å²) < 4.78 is 0. The van der Waals surface area contributed by atoms with E-state index in [-0.39, 0.29) is 32.3 Å². The van der Waals surface area contributed by atoms with Gasteiger partial charge in [0.15, 0.2) is 0 Å². The maximum atomic E-state index is 9.54. The van der Waals surface area contributed by atoms with Crippen LogP contribution in [-0.2, 0) is 32.9 Å². The zero-order valence-corrected chi connectivity index (χ0v) is 25.7. The second kappa shape index (κ2) is 13.3. The molecule has 1 aromatic heterocycles. The van der Waals surface area contributed by atoms with Crippen molar-refractivity contribution < 1.29 is 30.3 Å². The summed E-state index contributed by atoms with van der Waals surface area (Å²) in [5, 5.41) is 20.4. The van der Waals surface area contributed by atoms with E-state index in [0.717, 1.165) is 36.9 Å². The molecule has 0 amide bonds. The van der Waals surface area contributed by atoms with Gasteiger partial charge in [0.1, 0.15) is 0 Å². The summed E-state index contributed by atoms with van der Waals surface area (Å²) in [6, 6.07) is 12.6. The second-order valence-corrected chi connectivity index (χ2v) is 11.4. The van der Waals surface area contributed by atoms with Crippen molar-refractivity contribution in [2.45, 2.75) is 99.7 Å². The minimum absolute atomic E-state index is 0. The van der Waals surface area contributed by atoms with Crippen LogP contribution in [0.4, 0.5) is 0 Å². The van der Waals surface area contributed by atoms with E-state index in [0.29, 0.717) is 18.3 Å². The number of aliphatic hydroxyl groups excluding tert-OH is 2. The largest absolute Gasteiger partial charge is 0.393 e. The quantitative estimate of drug-likeness (QED) is 0.273. The van der Waals surface area contributed by atoms with Crippen molar-refractivity contribution in [2.75, 3.05) is 0 Å². The standard InChI is InChI=1S/C21H20N.C11H24O2.Ir/c1-12-7-14(3)17-6-5-16-11-18-15(4)8-13(2)10-20(18)22-21(16)19(17)9-12;1-8(2)5-10(12)7-11(13)6-9(3)4;/h7-8,10-11H,5-6H2,1-4H3;8-13H,5-7H2,1-4H3;/q-1;;. The molecule has 2 atom stereocenters. The van der Waals surface area contributed by atoms with Crippen LogP contribution in [0.5, 0.6) is 0 Å². The van der Waals surface area contributed by atoms with Gasteiger partial charge in [-0.15, -0.1) is 34.4 Å². The van der Waals surface area contributed by atoms with Gasteiger partial charge in [-0.1, -0.05) is 65.7 Å². The Kier molecular flexibility index (Phi) is 11.3. The molecule has 1 radical (unpaired) electrons. The van der Waals surface area contributed by atoms with Crippen molar-refractivity contribution in [3.8, 4) is 11.3 Å². The molecule has 2 unspecified atom stereocenters. The average Bonchev–Trinajstić information content (AvgIpc) is 2.71. The normalized spacial score (nSPS) is 14.0. The molecule has 4 heteroatoms. The van der Waals surface area contributed by atoms with E-state index in [2.05, 4.69) is 85.7 Å². The molecule has 0 bridgehead atoms. The van der Waals surface area contributed by atoms with E-state index in [1.807, 2.05) is 0 Å². The van der Waals surface area contributed by atoms with Crippen molar-refractivity contribution in [3.63, 3.8) is 0 Å². The molecular weight excluding hydrogens is 623 g/mol. The van der Waals surface area contributed by atoms with Crippen LogP contribution in [0.2, 0.25) is 0 Å². The van der Waals surface area contributed by atoms with E-state index in [1.165, 1.54) is 44.3 Å². The van der Waals surface area contributed by atoms with Crippen LogP contribution in [0.15, 0.2) is 24.3 Å². The van der Waals surface area contributed by atoms with Gasteiger partial charge in [-0.25, -0.2) is 0 Å². The molecule has 3 aromatic rings. The monoisotopic (exact) mass is 667 g/mol. The first-order chi connectivity index (χ1) is 16.4. The van der Waals surface area contributed by atoms with Crippen LogP contribution in [0.25, 0.3) is 22.2 Å². The van der Waals surface area contributed by atoms with E-state index < -0.39 is 0 Å². The maximum absolute atomic E-state index is 9.54. The minimum atomic E-state index is -0.339. The molecule has 0 aliphatic heterocycles. The number of aromatic nitrogens is 1. The van der Waals surface area contributed by atoms with Gasteiger partial charge < -0.3 is 10.2 Å². The van der Waals surface area contributed by atoms with Gasteiger partial charge in [0, 0.05) is 25.5 Å². The molecular formula is C32H44IrNO2-. The summed E-state index contributed by atoms with van der Waals surface area (Å²) >= 11 is 0. The van der Waals surface area contributed by atoms with Crippen molar-refractivity contribution in [3.05, 3.63) is 63.7 Å². The van der Waals surface area contributed by atoms with Crippen LogP contribution < -0.4 is 0 Å². The van der Waals surface area contributed by atoms with Crippen molar-refractivity contribution in [2.24, 2.45) is 11.8 Å². The molecule has 36 heavy (non-hydrogen) atoms. The fourth-order valence-corrected chi connectivity index (χ4v) is 5.38. The van der Waals surface area contributed by atoms with Crippen LogP contribution in [0, 0.1) is 45.6 Å². The van der Waals surface area contributed by atoms with Gasteiger partial charge in [0.2, 0.25) is 0 Å². The maximum Gasteiger partial charge on any atom is 0.0600 e. The first kappa shape index (κ1) is 30.6. The molecule has 3 nitrogen and oxygen atoms in total. The Morgan fingerprint density at radius 1 is 0.806 bits per heavy atom. The molecule has 0 spiro atoms. The molecule has 2 N–H and O–H groups in total. The number of hydrogen-bond acceptors (Lipinski definition) is 3. The second-order valence-electron chi connectivity index (χ2n) is 11.4. The zero-order chi connectivity index (χ0) is 25.9. The van der Waals surface area contributed by atoms with Gasteiger partial charge in [0.25, 0.3) is 0 Å². The summed E-state index contributed by atoms with van der Waals surface area (Å²) in [6.45, 7) is 17.0. The number of aliphatic hydroxyl groups is 2. The Balaban J connectivity index is 0.000000285. The SMILES string of the molecule is CC(C)CC(O)CC(O)CC(C)C.Cc1[c-]c2c(c(C)c1)CCc1cc3c(C)cc(C)cc3nc1-2.[Ir]. The fraction of sp³-hybridized carbons (Fsp3) is 0.531. The Hall–Kier alpha value is -1.58. The number of rotatable bonds is 6. The van der Waals surface area contributed by atoms with Gasteiger partial charge in [-0.05, 0) is 74.3 Å². The first-order valence-electron chi connectivity index (χ1n) is 13.2. The number of nitrogens with zero attached hydrogens (tertiary/aromatic N) is 1. The molecule has 1 aliphatic carbocycles. The van der Waals surface area contributed by atoms with Gasteiger partial charge in [-0.3, -0.25) is 4.98 Å². The molecule has 0 saturated heterocycles. The predicted octanol–water partition coefficient (Wildman–Crippen LogP) is 7.22. The Morgan fingerprint density at radius 2 is 1.42 bits per heavy atom. The third-order valence-corrected chi connectivity index (χ3v) is 6.81. The van der Waals surface area contributed by atoms with Gasteiger partial charge in [0.05, 0.1) is 17.7 Å². The topological polar surface area (TPSA) is 53.4 Å². The summed E-state index contributed by atoms with van der Waals surface area (Å²) in [7, 11) is 0. The molecule has 1 heterocycles. The zero-order valence-electron chi connectivity index (χ0n) is 23.3. The van der Waals surface area contributed by atoms with Gasteiger partial charge in [-0.2, -0.15) is 0 Å². The van der Waals surface area contributed by atoms with Crippen LogP contribution >= 0.6 is 0 Å². The van der Waals surface area contributed by atoms with Crippen LogP contribution in [0.1, 0.15) is 80.3 Å². The number of hydrogen-bond donors (Lipinski definition) is 2. The minimum Gasteiger partial charge on any atom is -0.393 e. The van der Waals surface area contributed by atoms with Crippen LogP contribution in [0.3, 0.4) is 0 Å². The van der Waals surface area contributed by atoms with Gasteiger partial charge >= 0.3 is 0 Å². The predicted molar refractivity (Wildman–Crippen MR) is 148 cm³/mol. The summed E-state index contributed by atoms with van der Waals surface area (Å²) in [5.74, 6) is 1.00. The number of pyridine rings is 1. The Labute approximate surface area is 232 Å². The van der Waals surface area contributed by atoms with E-state index >= 15 is 0 Å². The van der Waals surface area contributed by atoms with E-state index in [1.54, 1.807) is 0 Å². The number of fused-ring (bicyclic) bond motifs is 4. The molecule has 2 aromatic carbocycles. The molecule has 199 valence electrons. The number of benzene rings is 2. The molecule has 0 fully saturated rings. The third kappa shape index (κ3) is 7.96. The Morgan fingerprint density at radius 3 is 2.00 bits per heavy atom. The van der Waals surface area contributed by atoms with Crippen molar-refractivity contribution in [1.29, 1.82) is 0 Å². The smallest absolute Gasteiger partial charge is 0.0600 e. The molecule has 1 aliphatic rings. The molecule has 0 saturated carbocycles. The summed E-state index contributed by atoms with van der Waals surface area (Å²) in [4.78, 5) is 5.03. The molecule has 4 rings (SSSR count). The van der Waals surface area contributed by atoms with Crippen LogP contribution in [-0.4, -0.2) is 27.4 Å². The van der Waals surface area contributed by atoms with E-state index in [9.17, 15) is 10.2 Å². The Bertz CT molecular complexity index is 1150. The average molecular weight is 667 g/mol. The first-order valence-corrected chi connectivity index (χ1v) is 13.2. The van der Waals surface area contributed by atoms with E-state index in [4.69, 9.17) is 4.98 Å². The third-order valence-electron chi connectivity index (χ3n) is 6.81. The summed E-state index contributed by atoms with van der Waals surface area (Å²) in [6.07, 6.45) is 3.60. The van der Waals surface area contributed by atoms with Crippen molar-refractivity contribution in [1.82, 2.24) is 4.98 Å².